The number of alkyl halides is 3. The summed E-state index contributed by atoms with van der Waals surface area (Å²) in [7, 11) is 1.54. The zero-order chi connectivity index (χ0) is 20.6. The number of methoxy groups -OCH3 is 1. The second-order valence-electron chi connectivity index (χ2n) is 7.28. The fourth-order valence-electron chi connectivity index (χ4n) is 3.47. The van der Waals surface area contributed by atoms with E-state index < -0.39 is 17.4 Å². The predicted octanol–water partition coefficient (Wildman–Crippen LogP) is 4.99. The Morgan fingerprint density at radius 2 is 1.79 bits per heavy atom. The highest BCUT2D eigenvalue weighted by molar-refractivity contribution is 5.81. The standard InChI is InChI=1S/C22H20F3NO3/c1-28-18-8-9-19-15(10-21(27)29-20(19)11-18)13-26(17-6-7-17)12-14-2-4-16(5-3-14)22(23,24)25/h2-5,8-11,17H,6-7,12-13H2,1H3. The van der Waals surface area contributed by atoms with Crippen molar-refractivity contribution in [2.45, 2.75) is 38.1 Å². The Balaban J connectivity index is 1.60. The molecule has 0 atom stereocenters. The van der Waals surface area contributed by atoms with E-state index in [1.807, 2.05) is 12.1 Å². The van der Waals surface area contributed by atoms with Crippen molar-refractivity contribution in [2.75, 3.05) is 7.11 Å². The molecule has 1 aliphatic carbocycles. The van der Waals surface area contributed by atoms with Gasteiger partial charge in [-0.3, -0.25) is 4.90 Å². The number of hydrogen-bond donors (Lipinski definition) is 0. The highest BCUT2D eigenvalue weighted by Crippen LogP contribution is 2.33. The number of rotatable bonds is 6. The summed E-state index contributed by atoms with van der Waals surface area (Å²) in [4.78, 5) is 14.2. The predicted molar refractivity (Wildman–Crippen MR) is 103 cm³/mol. The van der Waals surface area contributed by atoms with Gasteiger partial charge in [-0.15, -0.1) is 0 Å². The van der Waals surface area contributed by atoms with Crippen molar-refractivity contribution in [3.63, 3.8) is 0 Å². The minimum absolute atomic E-state index is 0.359. The normalized spacial score (nSPS) is 14.5. The number of ether oxygens (including phenoxy) is 1. The van der Waals surface area contributed by atoms with Crippen LogP contribution in [0.15, 0.2) is 57.7 Å². The summed E-state index contributed by atoms with van der Waals surface area (Å²) in [6.45, 7) is 1.03. The molecule has 7 heteroatoms. The van der Waals surface area contributed by atoms with Gasteiger partial charge in [0.15, 0.2) is 0 Å². The van der Waals surface area contributed by atoms with E-state index in [9.17, 15) is 18.0 Å². The van der Waals surface area contributed by atoms with Crippen LogP contribution in [0.25, 0.3) is 11.0 Å². The van der Waals surface area contributed by atoms with Gasteiger partial charge in [0.1, 0.15) is 11.3 Å². The highest BCUT2D eigenvalue weighted by atomic mass is 19.4. The summed E-state index contributed by atoms with van der Waals surface area (Å²) < 4.78 is 48.9. The monoisotopic (exact) mass is 403 g/mol. The molecule has 1 saturated carbocycles. The van der Waals surface area contributed by atoms with Gasteiger partial charge in [-0.05, 0) is 48.2 Å². The van der Waals surface area contributed by atoms with Crippen molar-refractivity contribution < 1.29 is 22.3 Å². The van der Waals surface area contributed by atoms with Crippen molar-refractivity contribution in [2.24, 2.45) is 0 Å². The maximum absolute atomic E-state index is 12.8. The molecule has 29 heavy (non-hydrogen) atoms. The van der Waals surface area contributed by atoms with E-state index >= 15 is 0 Å². The Labute approximate surface area is 165 Å². The molecule has 0 radical (unpaired) electrons. The molecule has 1 fully saturated rings. The second kappa shape index (κ2) is 7.55. The number of fused-ring (bicyclic) bond motifs is 1. The molecule has 4 nitrogen and oxygen atoms in total. The summed E-state index contributed by atoms with van der Waals surface area (Å²) in [5, 5.41) is 0.823. The molecule has 0 amide bonds. The Kier molecular flexibility index (Phi) is 5.08. The first-order chi connectivity index (χ1) is 13.8. The van der Waals surface area contributed by atoms with E-state index in [4.69, 9.17) is 9.15 Å². The molecule has 0 unspecified atom stereocenters. The molecule has 1 heterocycles. The van der Waals surface area contributed by atoms with Gasteiger partial charge in [-0.2, -0.15) is 13.2 Å². The molecule has 0 N–H and O–H groups in total. The molecular formula is C22H20F3NO3. The lowest BCUT2D eigenvalue weighted by Crippen LogP contribution is -2.25. The van der Waals surface area contributed by atoms with Crippen LogP contribution in [-0.2, 0) is 19.3 Å². The van der Waals surface area contributed by atoms with Gasteiger partial charge in [0.25, 0.3) is 0 Å². The van der Waals surface area contributed by atoms with Crippen LogP contribution >= 0.6 is 0 Å². The minimum Gasteiger partial charge on any atom is -0.497 e. The molecule has 152 valence electrons. The summed E-state index contributed by atoms with van der Waals surface area (Å²) in [5.74, 6) is 0.599. The average Bonchev–Trinajstić information content (AvgIpc) is 3.51. The van der Waals surface area contributed by atoms with Crippen LogP contribution in [0.5, 0.6) is 5.75 Å². The van der Waals surface area contributed by atoms with Crippen molar-refractivity contribution in [1.82, 2.24) is 4.90 Å². The average molecular weight is 403 g/mol. The Bertz CT molecular complexity index is 1070. The maximum Gasteiger partial charge on any atom is 0.416 e. The lowest BCUT2D eigenvalue weighted by molar-refractivity contribution is -0.137. The van der Waals surface area contributed by atoms with Crippen LogP contribution in [0.3, 0.4) is 0 Å². The first-order valence-electron chi connectivity index (χ1n) is 9.34. The Hall–Kier alpha value is -2.80. The van der Waals surface area contributed by atoms with E-state index in [1.54, 1.807) is 13.2 Å². The van der Waals surface area contributed by atoms with Crippen molar-refractivity contribution in [3.8, 4) is 5.75 Å². The summed E-state index contributed by atoms with van der Waals surface area (Å²) in [6.07, 6.45) is -2.27. The molecule has 3 aromatic rings. The first kappa shape index (κ1) is 19.5. The van der Waals surface area contributed by atoms with Crippen LogP contribution in [0.4, 0.5) is 13.2 Å². The summed E-state index contributed by atoms with van der Waals surface area (Å²) >= 11 is 0. The van der Waals surface area contributed by atoms with E-state index in [0.717, 1.165) is 41.5 Å². The minimum atomic E-state index is -4.34. The van der Waals surface area contributed by atoms with Gasteiger partial charge in [0.05, 0.1) is 12.7 Å². The lowest BCUT2D eigenvalue weighted by Gasteiger charge is -2.23. The van der Waals surface area contributed by atoms with Gasteiger partial charge in [0, 0.05) is 36.7 Å². The van der Waals surface area contributed by atoms with Crippen LogP contribution < -0.4 is 10.4 Å². The van der Waals surface area contributed by atoms with Crippen molar-refractivity contribution in [1.29, 1.82) is 0 Å². The third-order valence-corrected chi connectivity index (χ3v) is 5.14. The van der Waals surface area contributed by atoms with E-state index in [2.05, 4.69) is 4.90 Å². The van der Waals surface area contributed by atoms with E-state index in [1.165, 1.54) is 18.2 Å². The van der Waals surface area contributed by atoms with Crippen LogP contribution in [0.1, 0.15) is 29.5 Å². The second-order valence-corrected chi connectivity index (χ2v) is 7.28. The van der Waals surface area contributed by atoms with Gasteiger partial charge < -0.3 is 9.15 Å². The fraction of sp³-hybridized carbons (Fsp3) is 0.318. The molecule has 2 aromatic carbocycles. The molecule has 1 aliphatic rings. The molecular weight excluding hydrogens is 383 g/mol. The molecule has 0 bridgehead atoms. The topological polar surface area (TPSA) is 42.7 Å². The van der Waals surface area contributed by atoms with Gasteiger partial charge >= 0.3 is 11.8 Å². The van der Waals surface area contributed by atoms with Crippen molar-refractivity contribution in [3.05, 3.63) is 75.6 Å². The number of nitrogens with zero attached hydrogens (tertiary/aromatic N) is 1. The molecule has 0 aliphatic heterocycles. The van der Waals surface area contributed by atoms with E-state index in [-0.39, 0.29) is 0 Å². The zero-order valence-corrected chi connectivity index (χ0v) is 15.8. The molecule has 0 spiro atoms. The van der Waals surface area contributed by atoms with Gasteiger partial charge in [-0.25, -0.2) is 4.79 Å². The van der Waals surface area contributed by atoms with Crippen LogP contribution in [0.2, 0.25) is 0 Å². The third kappa shape index (κ3) is 4.45. The number of halogens is 3. The smallest absolute Gasteiger partial charge is 0.416 e. The largest absolute Gasteiger partial charge is 0.497 e. The Morgan fingerprint density at radius 3 is 2.41 bits per heavy atom. The van der Waals surface area contributed by atoms with E-state index in [0.29, 0.717) is 30.5 Å². The number of benzene rings is 2. The fourth-order valence-corrected chi connectivity index (χ4v) is 3.47. The zero-order valence-electron chi connectivity index (χ0n) is 15.8. The Morgan fingerprint density at radius 1 is 1.07 bits per heavy atom. The van der Waals surface area contributed by atoms with Crippen molar-refractivity contribution >= 4 is 11.0 Å². The molecule has 0 saturated heterocycles. The summed E-state index contributed by atoms with van der Waals surface area (Å²) in [6, 6.07) is 12.4. The first-order valence-corrected chi connectivity index (χ1v) is 9.34. The maximum atomic E-state index is 12.8. The SMILES string of the molecule is COc1ccc2c(CN(Cc3ccc(C(F)(F)F)cc3)C3CC3)cc(=O)oc2c1. The molecule has 4 rings (SSSR count). The lowest BCUT2D eigenvalue weighted by atomic mass is 10.1. The van der Waals surface area contributed by atoms with Gasteiger partial charge in [-0.1, -0.05) is 12.1 Å². The van der Waals surface area contributed by atoms with Crippen LogP contribution in [0, 0.1) is 0 Å². The highest BCUT2D eigenvalue weighted by Gasteiger charge is 2.31. The summed E-state index contributed by atoms with van der Waals surface area (Å²) in [5.41, 5.74) is 1.000. The quantitative estimate of drug-likeness (QED) is 0.544. The van der Waals surface area contributed by atoms with Crippen LogP contribution in [-0.4, -0.2) is 18.1 Å². The van der Waals surface area contributed by atoms with Gasteiger partial charge in [0.2, 0.25) is 0 Å². The molecule has 1 aromatic heterocycles. The third-order valence-electron chi connectivity index (χ3n) is 5.14. The number of hydrogen-bond acceptors (Lipinski definition) is 4.